The molecule has 0 atom stereocenters. The number of benzene rings is 1. The number of hydrogen-bond donors (Lipinski definition) is 0. The summed E-state index contributed by atoms with van der Waals surface area (Å²) in [5.74, 6) is 0. The van der Waals surface area contributed by atoms with Crippen LogP contribution in [0.3, 0.4) is 0 Å². The zero-order chi connectivity index (χ0) is 12.3. The van der Waals surface area contributed by atoms with Gasteiger partial charge in [-0.2, -0.15) is 5.26 Å². The Hall–Kier alpha value is -1.92. The van der Waals surface area contributed by atoms with E-state index in [-0.39, 0.29) is 0 Å². The Labute approximate surface area is 105 Å². The van der Waals surface area contributed by atoms with Crippen LogP contribution in [-0.2, 0) is 0 Å². The molecule has 1 aromatic heterocycles. The number of hydrogen-bond acceptors (Lipinski definition) is 3. The zero-order valence-corrected chi connectivity index (χ0v) is 10.6. The van der Waals surface area contributed by atoms with Gasteiger partial charge in [-0.1, -0.05) is 29.8 Å². The molecule has 84 valence electrons. The molecule has 0 spiro atoms. The summed E-state index contributed by atoms with van der Waals surface area (Å²) in [6, 6.07) is 10.3. The molecule has 2 aromatic rings. The van der Waals surface area contributed by atoms with E-state index in [0.29, 0.717) is 5.57 Å². The van der Waals surface area contributed by atoms with Gasteiger partial charge < -0.3 is 0 Å². The standard InChI is InChI=1S/C14H12N2S/c1-10-3-5-12(6-4-10)7-13(8-15)14-16-11(2)9-17-14/h3-7,9H,1-2H3/b13-7+. The lowest BCUT2D eigenvalue weighted by Crippen LogP contribution is -1.81. The van der Waals surface area contributed by atoms with Gasteiger partial charge >= 0.3 is 0 Å². The van der Waals surface area contributed by atoms with Crippen LogP contribution in [0.2, 0.25) is 0 Å². The smallest absolute Gasteiger partial charge is 0.134 e. The molecule has 2 rings (SSSR count). The number of thiazole rings is 1. The summed E-state index contributed by atoms with van der Waals surface area (Å²) in [4.78, 5) is 4.32. The molecule has 0 amide bonds. The first-order valence-electron chi connectivity index (χ1n) is 5.30. The summed E-state index contributed by atoms with van der Waals surface area (Å²) >= 11 is 1.50. The van der Waals surface area contributed by atoms with E-state index in [1.807, 2.05) is 49.6 Å². The average Bonchev–Trinajstić information content (AvgIpc) is 2.75. The highest BCUT2D eigenvalue weighted by Crippen LogP contribution is 2.21. The molecule has 0 saturated heterocycles. The van der Waals surface area contributed by atoms with Gasteiger partial charge in [-0.05, 0) is 25.5 Å². The quantitative estimate of drug-likeness (QED) is 0.748. The molecule has 3 heteroatoms. The third-order valence-electron chi connectivity index (χ3n) is 2.36. The van der Waals surface area contributed by atoms with Crippen molar-refractivity contribution in [2.75, 3.05) is 0 Å². The fraction of sp³-hybridized carbons (Fsp3) is 0.143. The SMILES string of the molecule is Cc1ccc(/C=C(\C#N)c2nc(C)cs2)cc1. The molecule has 0 fully saturated rings. The van der Waals surface area contributed by atoms with Crippen molar-refractivity contribution in [2.24, 2.45) is 0 Å². The molecular formula is C14H12N2S. The third-order valence-corrected chi connectivity index (χ3v) is 3.35. The highest BCUT2D eigenvalue weighted by atomic mass is 32.1. The lowest BCUT2D eigenvalue weighted by atomic mass is 10.1. The normalized spacial score (nSPS) is 11.2. The highest BCUT2D eigenvalue weighted by Gasteiger charge is 2.05. The van der Waals surface area contributed by atoms with Gasteiger partial charge in [0.1, 0.15) is 11.1 Å². The van der Waals surface area contributed by atoms with Crippen molar-refractivity contribution in [2.45, 2.75) is 13.8 Å². The maximum atomic E-state index is 9.15. The first kappa shape index (κ1) is 11.6. The second-order valence-electron chi connectivity index (χ2n) is 3.87. The molecule has 0 aliphatic rings. The topological polar surface area (TPSA) is 36.7 Å². The maximum absolute atomic E-state index is 9.15. The molecular weight excluding hydrogens is 228 g/mol. The molecule has 0 aliphatic heterocycles. The number of rotatable bonds is 2. The number of nitriles is 1. The number of nitrogens with zero attached hydrogens (tertiary/aromatic N) is 2. The Morgan fingerprint density at radius 2 is 2.00 bits per heavy atom. The van der Waals surface area contributed by atoms with Gasteiger partial charge in [0, 0.05) is 11.1 Å². The summed E-state index contributed by atoms with van der Waals surface area (Å²) < 4.78 is 0. The van der Waals surface area contributed by atoms with Crippen LogP contribution in [0.4, 0.5) is 0 Å². The van der Waals surface area contributed by atoms with E-state index in [0.717, 1.165) is 16.3 Å². The monoisotopic (exact) mass is 240 g/mol. The van der Waals surface area contributed by atoms with Gasteiger partial charge in [0.25, 0.3) is 0 Å². The second-order valence-corrected chi connectivity index (χ2v) is 4.73. The minimum Gasteiger partial charge on any atom is -0.241 e. The summed E-state index contributed by atoms with van der Waals surface area (Å²) in [7, 11) is 0. The number of aromatic nitrogens is 1. The van der Waals surface area contributed by atoms with Gasteiger partial charge in [0.2, 0.25) is 0 Å². The van der Waals surface area contributed by atoms with Gasteiger partial charge in [-0.25, -0.2) is 4.98 Å². The molecule has 0 radical (unpaired) electrons. The Bertz CT molecular complexity index is 585. The van der Waals surface area contributed by atoms with E-state index in [9.17, 15) is 0 Å². The van der Waals surface area contributed by atoms with Crippen molar-refractivity contribution >= 4 is 23.0 Å². The fourth-order valence-corrected chi connectivity index (χ4v) is 2.21. The first-order chi connectivity index (χ1) is 8.19. The predicted octanol–water partition coefficient (Wildman–Crippen LogP) is 3.82. The van der Waals surface area contributed by atoms with Crippen LogP contribution >= 0.6 is 11.3 Å². The van der Waals surface area contributed by atoms with Crippen LogP contribution in [0.15, 0.2) is 29.6 Å². The highest BCUT2D eigenvalue weighted by molar-refractivity contribution is 7.11. The van der Waals surface area contributed by atoms with Crippen molar-refractivity contribution in [3.05, 3.63) is 51.5 Å². The minimum atomic E-state index is 0.618. The van der Waals surface area contributed by atoms with Crippen LogP contribution in [0.25, 0.3) is 11.6 Å². The fourth-order valence-electron chi connectivity index (χ4n) is 1.45. The molecule has 1 aromatic carbocycles. The molecule has 0 saturated carbocycles. The van der Waals surface area contributed by atoms with Crippen LogP contribution in [0, 0.1) is 25.2 Å². The number of allylic oxidation sites excluding steroid dienone is 1. The summed E-state index contributed by atoms with van der Waals surface area (Å²) in [6.45, 7) is 3.98. The van der Waals surface area contributed by atoms with Crippen molar-refractivity contribution in [3.8, 4) is 6.07 Å². The Balaban J connectivity index is 2.36. The van der Waals surface area contributed by atoms with Crippen LogP contribution in [0.5, 0.6) is 0 Å². The van der Waals surface area contributed by atoms with Crippen molar-refractivity contribution in [3.63, 3.8) is 0 Å². The molecule has 0 bridgehead atoms. The van der Waals surface area contributed by atoms with Gasteiger partial charge in [-0.3, -0.25) is 0 Å². The predicted molar refractivity (Wildman–Crippen MR) is 71.5 cm³/mol. The lowest BCUT2D eigenvalue weighted by molar-refractivity contribution is 1.25. The van der Waals surface area contributed by atoms with Crippen molar-refractivity contribution in [1.29, 1.82) is 5.26 Å². The summed E-state index contributed by atoms with van der Waals surface area (Å²) in [5, 5.41) is 11.9. The largest absolute Gasteiger partial charge is 0.241 e. The zero-order valence-electron chi connectivity index (χ0n) is 9.77. The molecule has 0 aliphatic carbocycles. The van der Waals surface area contributed by atoms with Gasteiger partial charge in [-0.15, -0.1) is 11.3 Å². The maximum Gasteiger partial charge on any atom is 0.134 e. The van der Waals surface area contributed by atoms with E-state index in [1.54, 1.807) is 0 Å². The second kappa shape index (κ2) is 4.94. The van der Waals surface area contributed by atoms with E-state index < -0.39 is 0 Å². The van der Waals surface area contributed by atoms with Crippen molar-refractivity contribution in [1.82, 2.24) is 4.98 Å². The number of aryl methyl sites for hydroxylation is 2. The van der Waals surface area contributed by atoms with Crippen LogP contribution in [-0.4, -0.2) is 4.98 Å². The Morgan fingerprint density at radius 1 is 1.29 bits per heavy atom. The average molecular weight is 240 g/mol. The third kappa shape index (κ3) is 2.80. The van der Waals surface area contributed by atoms with Crippen LogP contribution < -0.4 is 0 Å². The molecule has 2 nitrogen and oxygen atoms in total. The van der Waals surface area contributed by atoms with Crippen molar-refractivity contribution < 1.29 is 0 Å². The Morgan fingerprint density at radius 3 is 2.53 bits per heavy atom. The molecule has 17 heavy (non-hydrogen) atoms. The molecule has 0 N–H and O–H groups in total. The first-order valence-corrected chi connectivity index (χ1v) is 6.18. The molecule has 0 unspecified atom stereocenters. The van der Waals surface area contributed by atoms with E-state index in [2.05, 4.69) is 11.1 Å². The lowest BCUT2D eigenvalue weighted by Gasteiger charge is -1.96. The van der Waals surface area contributed by atoms with E-state index in [1.165, 1.54) is 16.9 Å². The van der Waals surface area contributed by atoms with Gasteiger partial charge in [0.15, 0.2) is 0 Å². The van der Waals surface area contributed by atoms with Gasteiger partial charge in [0.05, 0.1) is 5.57 Å². The van der Waals surface area contributed by atoms with E-state index in [4.69, 9.17) is 5.26 Å². The summed E-state index contributed by atoms with van der Waals surface area (Å²) in [6.07, 6.45) is 1.87. The minimum absolute atomic E-state index is 0.618. The van der Waals surface area contributed by atoms with Crippen LogP contribution in [0.1, 0.15) is 21.8 Å². The molecule has 1 heterocycles. The van der Waals surface area contributed by atoms with E-state index >= 15 is 0 Å². The summed E-state index contributed by atoms with van der Waals surface area (Å²) in [5.41, 5.74) is 3.81. The Kier molecular flexibility index (Phi) is 3.36.